The lowest BCUT2D eigenvalue weighted by atomic mass is 10.1. The van der Waals surface area contributed by atoms with Crippen LogP contribution < -0.4 is 10.7 Å². The zero-order valence-corrected chi connectivity index (χ0v) is 17.8. The van der Waals surface area contributed by atoms with Gasteiger partial charge in [0.05, 0.1) is 12.0 Å². The maximum atomic E-state index is 13.4. The quantitative estimate of drug-likeness (QED) is 0.434. The number of rotatable bonds is 5. The maximum Gasteiger partial charge on any atom is 0.345 e. The molecule has 7 heteroatoms. The third kappa shape index (κ3) is 4.02. The van der Waals surface area contributed by atoms with Crippen molar-refractivity contribution < 1.29 is 9.53 Å². The Labute approximate surface area is 184 Å². The van der Waals surface area contributed by atoms with E-state index in [0.29, 0.717) is 21.7 Å². The Morgan fingerprint density at radius 2 is 1.77 bits per heavy atom. The minimum Gasteiger partial charge on any atom is -0.462 e. The Balaban J connectivity index is 2.11. The number of aryl methyl sites for hydroxylation is 1. The van der Waals surface area contributed by atoms with E-state index in [2.05, 4.69) is 10.3 Å². The van der Waals surface area contributed by atoms with Crippen LogP contribution in [0.1, 0.15) is 23.0 Å². The second kappa shape index (κ2) is 8.62. The number of ether oxygens (including phenoxy) is 1. The van der Waals surface area contributed by atoms with Crippen molar-refractivity contribution in [2.45, 2.75) is 13.8 Å². The number of hydrogen-bond acceptors (Lipinski definition) is 5. The first-order valence-electron chi connectivity index (χ1n) is 9.81. The fourth-order valence-electron chi connectivity index (χ4n) is 3.36. The Hall–Kier alpha value is -3.64. The number of nitrogens with zero attached hydrogens (tertiary/aromatic N) is 2. The van der Waals surface area contributed by atoms with Crippen molar-refractivity contribution in [2.24, 2.45) is 0 Å². The Morgan fingerprint density at radius 3 is 2.45 bits per heavy atom. The van der Waals surface area contributed by atoms with Crippen molar-refractivity contribution in [1.29, 1.82) is 0 Å². The molecule has 0 amide bonds. The van der Waals surface area contributed by atoms with E-state index < -0.39 is 11.4 Å². The lowest BCUT2D eigenvalue weighted by molar-refractivity contribution is 0.0526. The summed E-state index contributed by atoms with van der Waals surface area (Å²) in [5, 5.41) is 4.13. The smallest absolute Gasteiger partial charge is 0.345 e. The van der Waals surface area contributed by atoms with E-state index in [-0.39, 0.29) is 18.0 Å². The number of nitrogens with one attached hydrogen (secondary N) is 1. The van der Waals surface area contributed by atoms with Gasteiger partial charge in [-0.05, 0) is 62.4 Å². The summed E-state index contributed by atoms with van der Waals surface area (Å²) in [4.78, 5) is 30.9. The largest absolute Gasteiger partial charge is 0.462 e. The van der Waals surface area contributed by atoms with Gasteiger partial charge in [0.1, 0.15) is 17.0 Å². The van der Waals surface area contributed by atoms with E-state index in [1.54, 1.807) is 47.9 Å². The number of carbonyl (C=O) groups excluding carboxylic acids is 1. The number of halogens is 1. The van der Waals surface area contributed by atoms with Crippen LogP contribution in [0, 0.1) is 6.92 Å². The van der Waals surface area contributed by atoms with Gasteiger partial charge < -0.3 is 10.1 Å². The maximum absolute atomic E-state index is 13.4. The summed E-state index contributed by atoms with van der Waals surface area (Å²) in [6, 6.07) is 19.8. The fourth-order valence-corrected chi connectivity index (χ4v) is 3.49. The molecule has 0 unspecified atom stereocenters. The summed E-state index contributed by atoms with van der Waals surface area (Å²) in [5.74, 6) is -0.418. The number of pyridine rings is 2. The number of fused-ring (bicyclic) bond motifs is 1. The molecule has 2 aromatic carbocycles. The highest BCUT2D eigenvalue weighted by atomic mass is 35.5. The molecule has 2 heterocycles. The summed E-state index contributed by atoms with van der Waals surface area (Å²) >= 11 is 6.02. The van der Waals surface area contributed by atoms with Crippen molar-refractivity contribution in [1.82, 2.24) is 9.55 Å². The van der Waals surface area contributed by atoms with E-state index in [1.807, 2.05) is 37.3 Å². The first-order chi connectivity index (χ1) is 15.0. The average molecular weight is 434 g/mol. The van der Waals surface area contributed by atoms with Crippen LogP contribution >= 0.6 is 11.6 Å². The molecule has 6 nitrogen and oxygen atoms in total. The molecular formula is C24H20ClN3O3. The van der Waals surface area contributed by atoms with E-state index in [0.717, 1.165) is 11.4 Å². The highest BCUT2D eigenvalue weighted by molar-refractivity contribution is 6.30. The molecule has 0 aliphatic carbocycles. The monoisotopic (exact) mass is 433 g/mol. The van der Waals surface area contributed by atoms with Gasteiger partial charge in [-0.15, -0.1) is 0 Å². The SMILES string of the molecule is CCOC(=O)c1c(Nc2ccc(Cl)cc2)n(-c2ccccc2)c2nc(C)ccc2c1=O. The van der Waals surface area contributed by atoms with Gasteiger partial charge in [-0.1, -0.05) is 29.8 Å². The molecule has 156 valence electrons. The molecule has 0 aliphatic heterocycles. The number of para-hydroxylation sites is 1. The molecule has 4 aromatic rings. The zero-order valence-electron chi connectivity index (χ0n) is 17.1. The van der Waals surface area contributed by atoms with Gasteiger partial charge in [-0.25, -0.2) is 9.78 Å². The standard InChI is InChI=1S/C24H20ClN3O3/c1-3-31-24(30)20-21(29)19-14-9-15(2)26-22(19)28(18-7-5-4-6-8-18)23(20)27-17-12-10-16(25)11-13-17/h4-14,27H,3H2,1-2H3. The molecule has 0 bridgehead atoms. The number of anilines is 2. The molecule has 0 saturated heterocycles. The fraction of sp³-hybridized carbons (Fsp3) is 0.125. The Morgan fingerprint density at radius 1 is 1.06 bits per heavy atom. The minimum absolute atomic E-state index is 0.0844. The second-order valence-electron chi connectivity index (χ2n) is 6.90. The van der Waals surface area contributed by atoms with Crippen LogP contribution in [-0.4, -0.2) is 22.1 Å². The summed E-state index contributed by atoms with van der Waals surface area (Å²) in [6.45, 7) is 3.70. The number of aromatic nitrogens is 2. The molecule has 4 rings (SSSR count). The topological polar surface area (TPSA) is 73.2 Å². The van der Waals surface area contributed by atoms with E-state index >= 15 is 0 Å². The van der Waals surface area contributed by atoms with E-state index in [4.69, 9.17) is 16.3 Å². The van der Waals surface area contributed by atoms with Crippen LogP contribution in [0.3, 0.4) is 0 Å². The molecule has 0 atom stereocenters. The molecule has 31 heavy (non-hydrogen) atoms. The number of esters is 1. The predicted octanol–water partition coefficient (Wildman–Crippen LogP) is 5.27. The molecular weight excluding hydrogens is 414 g/mol. The highest BCUT2D eigenvalue weighted by Crippen LogP contribution is 2.28. The van der Waals surface area contributed by atoms with Crippen LogP contribution in [-0.2, 0) is 4.74 Å². The average Bonchev–Trinajstić information content (AvgIpc) is 2.76. The first kappa shape index (κ1) is 20.6. The van der Waals surface area contributed by atoms with Crippen LogP contribution in [0.5, 0.6) is 0 Å². The van der Waals surface area contributed by atoms with Gasteiger partial charge >= 0.3 is 5.97 Å². The molecule has 1 N–H and O–H groups in total. The van der Waals surface area contributed by atoms with Crippen LogP contribution in [0.15, 0.2) is 71.5 Å². The zero-order chi connectivity index (χ0) is 22.0. The van der Waals surface area contributed by atoms with E-state index in [1.165, 1.54) is 0 Å². The Bertz CT molecular complexity index is 1320. The Kier molecular flexibility index (Phi) is 5.73. The predicted molar refractivity (Wildman–Crippen MR) is 123 cm³/mol. The highest BCUT2D eigenvalue weighted by Gasteiger charge is 2.25. The molecule has 0 aliphatic rings. The van der Waals surface area contributed by atoms with Gasteiger partial charge in [0.15, 0.2) is 0 Å². The summed E-state index contributed by atoms with van der Waals surface area (Å²) in [5.41, 5.74) is 2.07. The second-order valence-corrected chi connectivity index (χ2v) is 7.34. The van der Waals surface area contributed by atoms with Crippen molar-refractivity contribution in [3.05, 3.63) is 93.2 Å². The number of carbonyl (C=O) groups is 1. The van der Waals surface area contributed by atoms with Crippen LogP contribution in [0.2, 0.25) is 5.02 Å². The van der Waals surface area contributed by atoms with Gasteiger partial charge in [-0.3, -0.25) is 9.36 Å². The summed E-state index contributed by atoms with van der Waals surface area (Å²) in [6.07, 6.45) is 0. The van der Waals surface area contributed by atoms with Gasteiger partial charge in [-0.2, -0.15) is 0 Å². The minimum atomic E-state index is -0.698. The van der Waals surface area contributed by atoms with Gasteiger partial charge in [0.2, 0.25) is 5.43 Å². The van der Waals surface area contributed by atoms with Crippen molar-refractivity contribution in [2.75, 3.05) is 11.9 Å². The van der Waals surface area contributed by atoms with E-state index in [9.17, 15) is 9.59 Å². The van der Waals surface area contributed by atoms with Crippen molar-refractivity contribution >= 4 is 40.1 Å². The van der Waals surface area contributed by atoms with Crippen LogP contribution in [0.25, 0.3) is 16.7 Å². The van der Waals surface area contributed by atoms with Crippen molar-refractivity contribution in [3.8, 4) is 5.69 Å². The lowest BCUT2D eigenvalue weighted by Gasteiger charge is -2.21. The first-order valence-corrected chi connectivity index (χ1v) is 10.2. The third-order valence-electron chi connectivity index (χ3n) is 4.76. The summed E-state index contributed by atoms with van der Waals surface area (Å²) in [7, 11) is 0. The normalized spacial score (nSPS) is 10.8. The molecule has 2 aromatic heterocycles. The lowest BCUT2D eigenvalue weighted by Crippen LogP contribution is -2.25. The number of benzene rings is 2. The molecule has 0 spiro atoms. The molecule has 0 fully saturated rings. The third-order valence-corrected chi connectivity index (χ3v) is 5.01. The van der Waals surface area contributed by atoms with Gasteiger partial charge in [0, 0.05) is 22.1 Å². The molecule has 0 radical (unpaired) electrons. The number of hydrogen-bond donors (Lipinski definition) is 1. The summed E-state index contributed by atoms with van der Waals surface area (Å²) < 4.78 is 7.00. The van der Waals surface area contributed by atoms with Crippen molar-refractivity contribution in [3.63, 3.8) is 0 Å². The molecule has 0 saturated carbocycles. The van der Waals surface area contributed by atoms with Gasteiger partial charge in [0.25, 0.3) is 0 Å². The van der Waals surface area contributed by atoms with Crippen LogP contribution in [0.4, 0.5) is 11.5 Å².